The third-order valence-electron chi connectivity index (χ3n) is 5.89. The van der Waals surface area contributed by atoms with Crippen molar-refractivity contribution in [2.75, 3.05) is 19.6 Å². The predicted octanol–water partition coefficient (Wildman–Crippen LogP) is 3.27. The fraction of sp³-hybridized carbons (Fsp3) is 0.667. The largest absolute Gasteiger partial charge is 0.393 e. The van der Waals surface area contributed by atoms with Gasteiger partial charge in [-0.25, -0.2) is 4.39 Å². The van der Waals surface area contributed by atoms with E-state index in [1.165, 1.54) is 18.6 Å². The Hall–Kier alpha value is -1.46. The van der Waals surface area contributed by atoms with Crippen LogP contribution in [0.1, 0.15) is 57.1 Å². The highest BCUT2D eigenvalue weighted by atomic mass is 19.1. The fourth-order valence-electron chi connectivity index (χ4n) is 4.27. The average molecular weight is 362 g/mol. The Labute approximate surface area is 155 Å². The molecule has 2 fully saturated rings. The second-order valence-electron chi connectivity index (χ2n) is 7.97. The van der Waals surface area contributed by atoms with Gasteiger partial charge in [-0.15, -0.1) is 0 Å². The van der Waals surface area contributed by atoms with Crippen molar-refractivity contribution in [1.82, 2.24) is 10.2 Å². The number of likely N-dealkylation sites (tertiary alicyclic amines) is 1. The Morgan fingerprint density at radius 2 is 1.92 bits per heavy atom. The van der Waals surface area contributed by atoms with E-state index in [2.05, 4.69) is 17.1 Å². The SMILES string of the molecule is CCCN1CCC(CC(=O)NC(c2ccc(F)cc2)C2CC(O)C2)CC1. The molecule has 5 heteroatoms. The summed E-state index contributed by atoms with van der Waals surface area (Å²) < 4.78 is 13.2. The highest BCUT2D eigenvalue weighted by Gasteiger charge is 2.36. The van der Waals surface area contributed by atoms with Gasteiger partial charge in [-0.3, -0.25) is 4.79 Å². The van der Waals surface area contributed by atoms with Gasteiger partial charge in [0.1, 0.15) is 5.82 Å². The molecule has 1 unspecified atom stereocenters. The minimum Gasteiger partial charge on any atom is -0.393 e. The van der Waals surface area contributed by atoms with Gasteiger partial charge in [0, 0.05) is 6.42 Å². The molecule has 1 aromatic carbocycles. The van der Waals surface area contributed by atoms with Crippen LogP contribution >= 0.6 is 0 Å². The summed E-state index contributed by atoms with van der Waals surface area (Å²) in [6.07, 6.45) is 5.01. The molecule has 3 rings (SSSR count). The van der Waals surface area contributed by atoms with Crippen LogP contribution in [0, 0.1) is 17.7 Å². The maximum atomic E-state index is 13.2. The first-order valence-corrected chi connectivity index (χ1v) is 10.0. The smallest absolute Gasteiger partial charge is 0.220 e. The van der Waals surface area contributed by atoms with Crippen LogP contribution in [0.15, 0.2) is 24.3 Å². The molecular weight excluding hydrogens is 331 g/mol. The second kappa shape index (κ2) is 8.96. The standard InChI is InChI=1S/C21H31FN2O2/c1-2-9-24-10-7-15(8-11-24)12-20(26)23-21(17-13-19(25)14-17)16-3-5-18(22)6-4-16/h3-6,15,17,19,21,25H,2,7-14H2,1H3,(H,23,26). The highest BCUT2D eigenvalue weighted by Crippen LogP contribution is 2.38. The summed E-state index contributed by atoms with van der Waals surface area (Å²) in [4.78, 5) is 15.1. The zero-order chi connectivity index (χ0) is 18.5. The van der Waals surface area contributed by atoms with Gasteiger partial charge in [0.2, 0.25) is 5.91 Å². The summed E-state index contributed by atoms with van der Waals surface area (Å²) in [6.45, 7) is 5.52. The van der Waals surface area contributed by atoms with Gasteiger partial charge in [0.15, 0.2) is 0 Å². The van der Waals surface area contributed by atoms with Crippen molar-refractivity contribution < 1.29 is 14.3 Å². The number of piperidine rings is 1. The molecule has 0 aromatic heterocycles. The molecule has 1 aromatic rings. The average Bonchev–Trinajstić information content (AvgIpc) is 2.60. The zero-order valence-electron chi connectivity index (χ0n) is 15.7. The first-order valence-electron chi connectivity index (χ1n) is 10.0. The van der Waals surface area contributed by atoms with Crippen LogP contribution in [0.25, 0.3) is 0 Å². The lowest BCUT2D eigenvalue weighted by molar-refractivity contribution is -0.124. The van der Waals surface area contributed by atoms with E-state index < -0.39 is 0 Å². The van der Waals surface area contributed by atoms with Gasteiger partial charge in [-0.1, -0.05) is 19.1 Å². The second-order valence-corrected chi connectivity index (χ2v) is 7.97. The van der Waals surface area contributed by atoms with Crippen molar-refractivity contribution >= 4 is 5.91 Å². The number of halogens is 1. The Balaban J connectivity index is 1.55. The molecule has 1 aliphatic carbocycles. The van der Waals surface area contributed by atoms with Gasteiger partial charge in [0.25, 0.3) is 0 Å². The molecular formula is C21H31FN2O2. The number of nitrogens with zero attached hydrogens (tertiary/aromatic N) is 1. The first-order chi connectivity index (χ1) is 12.5. The van der Waals surface area contributed by atoms with Crippen LogP contribution in [0.5, 0.6) is 0 Å². The first kappa shape index (κ1) is 19.3. The van der Waals surface area contributed by atoms with Crippen LogP contribution in [-0.4, -0.2) is 41.7 Å². The Morgan fingerprint density at radius 3 is 2.50 bits per heavy atom. The minimum absolute atomic E-state index is 0.0784. The maximum absolute atomic E-state index is 13.2. The summed E-state index contributed by atoms with van der Waals surface area (Å²) in [5.74, 6) is 0.482. The minimum atomic E-state index is -0.275. The van der Waals surface area contributed by atoms with E-state index in [1.807, 2.05) is 0 Å². The van der Waals surface area contributed by atoms with Crippen LogP contribution < -0.4 is 5.32 Å². The number of carbonyl (C=O) groups excluding carboxylic acids is 1. The normalized spacial score (nSPS) is 25.5. The van der Waals surface area contributed by atoms with E-state index in [4.69, 9.17) is 0 Å². The molecule has 1 atom stereocenters. The van der Waals surface area contributed by atoms with Crippen molar-refractivity contribution in [1.29, 1.82) is 0 Å². The molecule has 2 N–H and O–H groups in total. The Kier molecular flexibility index (Phi) is 6.65. The summed E-state index contributed by atoms with van der Waals surface area (Å²) in [5.41, 5.74) is 0.925. The summed E-state index contributed by atoms with van der Waals surface area (Å²) in [5, 5.41) is 12.8. The van der Waals surface area contributed by atoms with Crippen LogP contribution in [0.3, 0.4) is 0 Å². The topological polar surface area (TPSA) is 52.6 Å². The summed E-state index contributed by atoms with van der Waals surface area (Å²) >= 11 is 0. The van der Waals surface area contributed by atoms with Crippen molar-refractivity contribution in [2.45, 2.75) is 57.6 Å². The van der Waals surface area contributed by atoms with Crippen molar-refractivity contribution in [3.8, 4) is 0 Å². The van der Waals surface area contributed by atoms with Gasteiger partial charge >= 0.3 is 0 Å². The van der Waals surface area contributed by atoms with Crippen LogP contribution in [-0.2, 0) is 4.79 Å². The number of aliphatic hydroxyl groups excluding tert-OH is 1. The third kappa shape index (κ3) is 5.04. The number of nitrogens with one attached hydrogen (secondary N) is 1. The lowest BCUT2D eigenvalue weighted by Crippen LogP contribution is -2.42. The van der Waals surface area contributed by atoms with E-state index in [0.29, 0.717) is 25.2 Å². The van der Waals surface area contributed by atoms with Crippen molar-refractivity contribution in [2.24, 2.45) is 11.8 Å². The molecule has 1 aliphatic heterocycles. The van der Waals surface area contributed by atoms with Gasteiger partial charge in [-0.05, 0) is 81.3 Å². The number of rotatable bonds is 7. The van der Waals surface area contributed by atoms with E-state index >= 15 is 0 Å². The van der Waals surface area contributed by atoms with Gasteiger partial charge < -0.3 is 15.3 Å². The van der Waals surface area contributed by atoms with Crippen molar-refractivity contribution in [3.63, 3.8) is 0 Å². The molecule has 144 valence electrons. The number of hydrogen-bond donors (Lipinski definition) is 2. The number of carbonyl (C=O) groups is 1. The molecule has 0 radical (unpaired) electrons. The molecule has 0 spiro atoms. The lowest BCUT2D eigenvalue weighted by atomic mass is 9.75. The van der Waals surface area contributed by atoms with Gasteiger partial charge in [0.05, 0.1) is 12.1 Å². The highest BCUT2D eigenvalue weighted by molar-refractivity contribution is 5.76. The maximum Gasteiger partial charge on any atom is 0.220 e. The van der Waals surface area contributed by atoms with E-state index in [9.17, 15) is 14.3 Å². The zero-order valence-corrected chi connectivity index (χ0v) is 15.7. The number of benzene rings is 1. The predicted molar refractivity (Wildman–Crippen MR) is 100 cm³/mol. The number of aliphatic hydroxyl groups is 1. The molecule has 1 saturated carbocycles. The van der Waals surface area contributed by atoms with Crippen LogP contribution in [0.2, 0.25) is 0 Å². The lowest BCUT2D eigenvalue weighted by Gasteiger charge is -2.38. The number of hydrogen-bond acceptors (Lipinski definition) is 3. The summed E-state index contributed by atoms with van der Waals surface area (Å²) in [7, 11) is 0. The van der Waals surface area contributed by atoms with E-state index in [-0.39, 0.29) is 29.8 Å². The molecule has 2 aliphatic rings. The summed E-state index contributed by atoms with van der Waals surface area (Å²) in [6, 6.07) is 6.23. The molecule has 1 saturated heterocycles. The molecule has 26 heavy (non-hydrogen) atoms. The quantitative estimate of drug-likeness (QED) is 0.783. The van der Waals surface area contributed by atoms with Gasteiger partial charge in [-0.2, -0.15) is 0 Å². The van der Waals surface area contributed by atoms with E-state index in [0.717, 1.165) is 38.0 Å². The Bertz CT molecular complexity index is 578. The van der Waals surface area contributed by atoms with Crippen LogP contribution in [0.4, 0.5) is 4.39 Å². The van der Waals surface area contributed by atoms with E-state index in [1.54, 1.807) is 12.1 Å². The number of amides is 1. The van der Waals surface area contributed by atoms with Crippen molar-refractivity contribution in [3.05, 3.63) is 35.6 Å². The monoisotopic (exact) mass is 362 g/mol. The molecule has 1 amide bonds. The molecule has 0 bridgehead atoms. The third-order valence-corrected chi connectivity index (χ3v) is 5.89. The Morgan fingerprint density at radius 1 is 1.27 bits per heavy atom. The fourth-order valence-corrected chi connectivity index (χ4v) is 4.27. The molecule has 4 nitrogen and oxygen atoms in total. The molecule has 1 heterocycles.